The fourth-order valence-corrected chi connectivity index (χ4v) is 1.30. The number of nitrogen functional groups attached to an aromatic ring is 1. The number of hydrogen-bond donors (Lipinski definition) is 1. The van der Waals surface area contributed by atoms with Crippen molar-refractivity contribution in [2.24, 2.45) is 0 Å². The molecule has 0 aliphatic rings. The van der Waals surface area contributed by atoms with E-state index in [4.69, 9.17) is 15.2 Å². The van der Waals surface area contributed by atoms with Crippen LogP contribution >= 0.6 is 0 Å². The van der Waals surface area contributed by atoms with Gasteiger partial charge in [0, 0.05) is 12.3 Å². The normalized spacial score (nSPS) is 9.94. The Kier molecular flexibility index (Phi) is 3.40. The van der Waals surface area contributed by atoms with Gasteiger partial charge in [0.1, 0.15) is 17.3 Å². The van der Waals surface area contributed by atoms with E-state index in [9.17, 15) is 0 Å². The molecule has 0 amide bonds. The first-order valence-electron chi connectivity index (χ1n) is 5.27. The Labute approximate surface area is 99.2 Å². The highest BCUT2D eigenvalue weighted by Crippen LogP contribution is 2.23. The monoisotopic (exact) mass is 231 g/mol. The van der Waals surface area contributed by atoms with E-state index in [-0.39, 0.29) is 6.01 Å². The maximum absolute atomic E-state index is 5.53. The minimum absolute atomic E-state index is 0.221. The average molecular weight is 231 g/mol. The summed E-state index contributed by atoms with van der Waals surface area (Å²) >= 11 is 0. The van der Waals surface area contributed by atoms with E-state index in [1.165, 1.54) is 0 Å². The summed E-state index contributed by atoms with van der Waals surface area (Å²) in [7, 11) is 0. The van der Waals surface area contributed by atoms with Crippen molar-refractivity contribution in [1.29, 1.82) is 0 Å². The molecule has 0 saturated carbocycles. The van der Waals surface area contributed by atoms with Crippen molar-refractivity contribution in [2.45, 2.75) is 6.92 Å². The molecule has 0 atom stereocenters. The van der Waals surface area contributed by atoms with Crippen LogP contribution < -0.4 is 15.2 Å². The van der Waals surface area contributed by atoms with Crippen molar-refractivity contribution in [3.63, 3.8) is 0 Å². The molecule has 2 N–H and O–H groups in total. The van der Waals surface area contributed by atoms with Gasteiger partial charge in [0.05, 0.1) is 6.61 Å². The molecular weight excluding hydrogens is 218 g/mol. The Morgan fingerprint density at radius 2 is 2.06 bits per heavy atom. The van der Waals surface area contributed by atoms with Gasteiger partial charge < -0.3 is 15.2 Å². The molecule has 2 aromatic rings. The first kappa shape index (κ1) is 11.2. The van der Waals surface area contributed by atoms with Crippen LogP contribution in [-0.2, 0) is 0 Å². The third-order valence-electron chi connectivity index (χ3n) is 1.98. The van der Waals surface area contributed by atoms with Crippen molar-refractivity contribution in [1.82, 2.24) is 9.97 Å². The summed E-state index contributed by atoms with van der Waals surface area (Å²) in [4.78, 5) is 7.90. The second-order valence-corrected chi connectivity index (χ2v) is 3.27. The summed E-state index contributed by atoms with van der Waals surface area (Å²) < 4.78 is 10.8. The van der Waals surface area contributed by atoms with Crippen LogP contribution in [0.1, 0.15) is 6.92 Å². The smallest absolute Gasteiger partial charge is 0.323 e. The van der Waals surface area contributed by atoms with Crippen LogP contribution in [0.4, 0.5) is 5.82 Å². The summed E-state index contributed by atoms with van der Waals surface area (Å²) in [5.74, 6) is 1.73. The van der Waals surface area contributed by atoms with E-state index in [1.54, 1.807) is 24.4 Å². The minimum atomic E-state index is 0.221. The van der Waals surface area contributed by atoms with Crippen LogP contribution in [0.15, 0.2) is 36.5 Å². The summed E-state index contributed by atoms with van der Waals surface area (Å²) in [5.41, 5.74) is 5.53. The minimum Gasteiger partial charge on any atom is -0.494 e. The number of nitrogens with zero attached hydrogens (tertiary/aromatic N) is 2. The van der Waals surface area contributed by atoms with Crippen LogP contribution in [0.5, 0.6) is 17.5 Å². The average Bonchev–Trinajstić information content (AvgIpc) is 2.30. The Morgan fingerprint density at radius 3 is 2.82 bits per heavy atom. The highest BCUT2D eigenvalue weighted by molar-refractivity contribution is 5.35. The zero-order valence-electron chi connectivity index (χ0n) is 9.46. The number of hydrogen-bond acceptors (Lipinski definition) is 5. The SMILES string of the molecule is CCOc1cccc(Oc2nccc(N)n2)c1. The van der Waals surface area contributed by atoms with Gasteiger partial charge in [0.15, 0.2) is 0 Å². The number of rotatable bonds is 4. The Morgan fingerprint density at radius 1 is 1.24 bits per heavy atom. The largest absolute Gasteiger partial charge is 0.494 e. The maximum Gasteiger partial charge on any atom is 0.323 e. The molecule has 1 heterocycles. The van der Waals surface area contributed by atoms with E-state index in [0.717, 1.165) is 5.75 Å². The topological polar surface area (TPSA) is 70.3 Å². The molecule has 17 heavy (non-hydrogen) atoms. The molecule has 0 spiro atoms. The maximum atomic E-state index is 5.53. The third kappa shape index (κ3) is 3.07. The number of nitrogens with two attached hydrogens (primary N) is 1. The first-order chi connectivity index (χ1) is 8.28. The van der Waals surface area contributed by atoms with Gasteiger partial charge in [0.25, 0.3) is 0 Å². The lowest BCUT2D eigenvalue weighted by Gasteiger charge is -2.06. The molecule has 0 radical (unpaired) electrons. The van der Waals surface area contributed by atoms with Gasteiger partial charge in [-0.25, -0.2) is 4.98 Å². The lowest BCUT2D eigenvalue weighted by molar-refractivity contribution is 0.337. The molecule has 0 saturated heterocycles. The molecule has 5 heteroatoms. The molecule has 1 aromatic heterocycles. The molecule has 88 valence electrons. The lowest BCUT2D eigenvalue weighted by atomic mass is 10.3. The second-order valence-electron chi connectivity index (χ2n) is 3.27. The summed E-state index contributed by atoms with van der Waals surface area (Å²) in [6, 6.07) is 9.09. The second kappa shape index (κ2) is 5.16. The van der Waals surface area contributed by atoms with E-state index in [0.29, 0.717) is 18.2 Å². The standard InChI is InChI=1S/C12H13N3O2/c1-2-16-9-4-3-5-10(8-9)17-12-14-7-6-11(13)15-12/h3-8H,2H2,1H3,(H2,13,14,15). The number of ether oxygens (including phenoxy) is 2. The van der Waals surface area contributed by atoms with Crippen LogP contribution in [0.25, 0.3) is 0 Å². The van der Waals surface area contributed by atoms with Gasteiger partial charge in [-0.2, -0.15) is 4.98 Å². The Hall–Kier alpha value is -2.30. The fraction of sp³-hybridized carbons (Fsp3) is 0.167. The predicted octanol–water partition coefficient (Wildman–Crippen LogP) is 2.25. The number of aromatic nitrogens is 2. The molecule has 0 aliphatic heterocycles. The van der Waals surface area contributed by atoms with Gasteiger partial charge in [-0.1, -0.05) is 6.07 Å². The Balaban J connectivity index is 2.15. The molecule has 0 unspecified atom stereocenters. The van der Waals surface area contributed by atoms with Crippen LogP contribution in [0.2, 0.25) is 0 Å². The van der Waals surface area contributed by atoms with Gasteiger partial charge >= 0.3 is 6.01 Å². The quantitative estimate of drug-likeness (QED) is 0.873. The zero-order valence-corrected chi connectivity index (χ0v) is 9.46. The van der Waals surface area contributed by atoms with Gasteiger partial charge in [-0.05, 0) is 25.1 Å². The zero-order chi connectivity index (χ0) is 12.1. The number of anilines is 1. The van der Waals surface area contributed by atoms with Crippen molar-refractivity contribution >= 4 is 5.82 Å². The van der Waals surface area contributed by atoms with E-state index < -0.39 is 0 Å². The van der Waals surface area contributed by atoms with Gasteiger partial charge in [-0.15, -0.1) is 0 Å². The summed E-state index contributed by atoms with van der Waals surface area (Å²) in [6.45, 7) is 2.53. The van der Waals surface area contributed by atoms with Crippen LogP contribution in [0.3, 0.4) is 0 Å². The Bertz CT molecular complexity index is 503. The molecule has 0 aliphatic carbocycles. The molecule has 5 nitrogen and oxygen atoms in total. The molecule has 0 bridgehead atoms. The van der Waals surface area contributed by atoms with Gasteiger partial charge in [0.2, 0.25) is 0 Å². The van der Waals surface area contributed by atoms with Crippen molar-refractivity contribution < 1.29 is 9.47 Å². The highest BCUT2D eigenvalue weighted by atomic mass is 16.5. The predicted molar refractivity (Wildman–Crippen MR) is 64.1 cm³/mol. The van der Waals surface area contributed by atoms with E-state index >= 15 is 0 Å². The molecule has 0 fully saturated rings. The molecular formula is C12H13N3O2. The van der Waals surface area contributed by atoms with E-state index in [2.05, 4.69) is 9.97 Å². The fourth-order valence-electron chi connectivity index (χ4n) is 1.30. The van der Waals surface area contributed by atoms with Crippen LogP contribution in [-0.4, -0.2) is 16.6 Å². The molecule has 2 rings (SSSR count). The van der Waals surface area contributed by atoms with E-state index in [1.807, 2.05) is 19.1 Å². The first-order valence-corrected chi connectivity index (χ1v) is 5.27. The number of benzene rings is 1. The third-order valence-corrected chi connectivity index (χ3v) is 1.98. The van der Waals surface area contributed by atoms with Crippen molar-refractivity contribution in [3.05, 3.63) is 36.5 Å². The van der Waals surface area contributed by atoms with Gasteiger partial charge in [-0.3, -0.25) is 0 Å². The summed E-state index contributed by atoms with van der Waals surface area (Å²) in [5, 5.41) is 0. The van der Waals surface area contributed by atoms with Crippen molar-refractivity contribution in [3.8, 4) is 17.5 Å². The highest BCUT2D eigenvalue weighted by Gasteiger charge is 2.02. The molecule has 1 aromatic carbocycles. The van der Waals surface area contributed by atoms with Crippen molar-refractivity contribution in [2.75, 3.05) is 12.3 Å². The summed E-state index contributed by atoms with van der Waals surface area (Å²) in [6.07, 6.45) is 1.55. The van der Waals surface area contributed by atoms with Crippen LogP contribution in [0, 0.1) is 0 Å². The lowest BCUT2D eigenvalue weighted by Crippen LogP contribution is -1.96.